The minimum atomic E-state index is -4.57. The number of aliphatic hydroxyl groups excluding tert-OH is 1. The minimum Gasteiger partial charge on any atom is -0.756 e. The van der Waals surface area contributed by atoms with Crippen LogP contribution < -0.4 is 10.2 Å². The molecule has 0 fully saturated rings. The van der Waals surface area contributed by atoms with Crippen molar-refractivity contribution in [3.8, 4) is 0 Å². The number of unbranched alkanes of at least 4 members (excludes halogenated alkanes) is 46. The molecule has 0 aromatic carbocycles. The molecule has 0 aromatic rings. The van der Waals surface area contributed by atoms with Crippen molar-refractivity contribution in [2.45, 2.75) is 347 Å². The third-order valence-electron chi connectivity index (χ3n) is 14.8. The fourth-order valence-corrected chi connectivity index (χ4v) is 10.7. The van der Waals surface area contributed by atoms with Crippen molar-refractivity contribution in [1.82, 2.24) is 5.32 Å². The van der Waals surface area contributed by atoms with Crippen LogP contribution >= 0.6 is 7.82 Å². The molecule has 0 aliphatic rings. The predicted molar refractivity (Wildman–Crippen MR) is 303 cm³/mol. The van der Waals surface area contributed by atoms with Gasteiger partial charge in [-0.25, -0.2) is 0 Å². The maximum absolute atomic E-state index is 13.0. The molecule has 0 aromatic heterocycles. The van der Waals surface area contributed by atoms with Crippen LogP contribution in [0.15, 0.2) is 0 Å². The molecule has 3 atom stereocenters. The SMILES string of the molecule is CCCCCCCCCCCCCCCCCCCCCCCCCCCCCCCCCC(=O)N[C@@H](COP(=O)([O-])OCC[N+](C)(C)C)[C@H](O)CCCCCCCCCCCCCCCCCCC. The van der Waals surface area contributed by atoms with Crippen LogP contribution in [0.3, 0.4) is 0 Å². The zero-order valence-corrected chi connectivity index (χ0v) is 48.9. The number of nitrogens with one attached hydrogen (secondary N) is 1. The van der Waals surface area contributed by atoms with Gasteiger partial charge < -0.3 is 28.8 Å². The third kappa shape index (κ3) is 55.3. The largest absolute Gasteiger partial charge is 0.756 e. The summed E-state index contributed by atoms with van der Waals surface area (Å²) >= 11 is 0. The van der Waals surface area contributed by atoms with Crippen LogP contribution in [0.2, 0.25) is 0 Å². The van der Waals surface area contributed by atoms with Crippen LogP contribution in [0.25, 0.3) is 0 Å². The van der Waals surface area contributed by atoms with Gasteiger partial charge in [-0.15, -0.1) is 0 Å². The molecule has 70 heavy (non-hydrogen) atoms. The summed E-state index contributed by atoms with van der Waals surface area (Å²) in [5.74, 6) is -0.155. The van der Waals surface area contributed by atoms with Crippen molar-refractivity contribution >= 4 is 13.7 Å². The summed E-state index contributed by atoms with van der Waals surface area (Å²) in [5, 5.41) is 14.0. The molecule has 1 unspecified atom stereocenters. The molecular weight excluding hydrogens is 888 g/mol. The molecule has 0 radical (unpaired) electrons. The average Bonchev–Trinajstić information content (AvgIpc) is 3.32. The van der Waals surface area contributed by atoms with Crippen LogP contribution in [0.5, 0.6) is 0 Å². The molecule has 0 rings (SSSR count). The van der Waals surface area contributed by atoms with E-state index in [1.165, 1.54) is 270 Å². The molecule has 2 N–H and O–H groups in total. The fraction of sp³-hybridized carbons (Fsp3) is 0.984. The first-order valence-corrected chi connectivity index (χ1v) is 32.8. The maximum Gasteiger partial charge on any atom is 0.268 e. The van der Waals surface area contributed by atoms with Crippen molar-refractivity contribution in [3.05, 3.63) is 0 Å². The number of phosphoric acid groups is 1. The Labute approximate surface area is 438 Å². The van der Waals surface area contributed by atoms with Gasteiger partial charge >= 0.3 is 0 Å². The second-order valence-electron chi connectivity index (χ2n) is 23.1. The molecule has 1 amide bonds. The average molecular weight is 1010 g/mol. The van der Waals surface area contributed by atoms with E-state index < -0.39 is 20.0 Å². The van der Waals surface area contributed by atoms with E-state index in [9.17, 15) is 19.4 Å². The number of quaternary nitrogens is 1. The molecule has 0 saturated carbocycles. The molecule has 0 aliphatic heterocycles. The number of carbonyl (C=O) groups excluding carboxylic acids is 1. The summed E-state index contributed by atoms with van der Waals surface area (Å²) in [6.45, 7) is 4.78. The maximum atomic E-state index is 13.0. The van der Waals surface area contributed by atoms with Crippen molar-refractivity contribution in [3.63, 3.8) is 0 Å². The van der Waals surface area contributed by atoms with Crippen LogP contribution in [-0.4, -0.2) is 68.5 Å². The lowest BCUT2D eigenvalue weighted by molar-refractivity contribution is -0.870. The van der Waals surface area contributed by atoms with E-state index in [0.717, 1.165) is 38.5 Å². The van der Waals surface area contributed by atoms with Gasteiger partial charge in [0.05, 0.1) is 39.9 Å². The van der Waals surface area contributed by atoms with E-state index in [1.807, 2.05) is 21.1 Å². The highest BCUT2D eigenvalue weighted by Crippen LogP contribution is 2.38. The van der Waals surface area contributed by atoms with Gasteiger partial charge in [-0.3, -0.25) is 9.36 Å². The number of phosphoric ester groups is 1. The van der Waals surface area contributed by atoms with Gasteiger partial charge in [-0.05, 0) is 12.8 Å². The van der Waals surface area contributed by atoms with Gasteiger partial charge in [0.2, 0.25) is 5.91 Å². The van der Waals surface area contributed by atoms with Gasteiger partial charge in [-0.1, -0.05) is 316 Å². The van der Waals surface area contributed by atoms with Crippen molar-refractivity contribution in [2.75, 3.05) is 40.9 Å². The van der Waals surface area contributed by atoms with Gasteiger partial charge in [0.25, 0.3) is 7.82 Å². The number of amides is 1. The molecule has 0 saturated heterocycles. The zero-order valence-electron chi connectivity index (χ0n) is 48.0. The number of likely N-dealkylation sites (N-methyl/N-ethyl adjacent to an activating group) is 1. The van der Waals surface area contributed by atoms with Crippen LogP contribution in [0.1, 0.15) is 335 Å². The number of nitrogens with zero attached hydrogens (tertiary/aromatic N) is 1. The summed E-state index contributed by atoms with van der Waals surface area (Å²) in [6.07, 6.45) is 64.4. The number of hydrogen-bond acceptors (Lipinski definition) is 6. The van der Waals surface area contributed by atoms with Gasteiger partial charge in [-0.2, -0.15) is 0 Å². The van der Waals surface area contributed by atoms with Crippen molar-refractivity contribution in [2.24, 2.45) is 0 Å². The van der Waals surface area contributed by atoms with Gasteiger partial charge in [0, 0.05) is 6.42 Å². The van der Waals surface area contributed by atoms with E-state index in [1.54, 1.807) is 0 Å². The number of carbonyl (C=O) groups is 1. The predicted octanol–water partition coefficient (Wildman–Crippen LogP) is 18.6. The highest BCUT2D eigenvalue weighted by Gasteiger charge is 2.24. The Morgan fingerprint density at radius 1 is 0.443 bits per heavy atom. The Hall–Kier alpha value is -0.500. The highest BCUT2D eigenvalue weighted by molar-refractivity contribution is 7.45. The quantitative estimate of drug-likeness (QED) is 0.0357. The topological polar surface area (TPSA) is 108 Å². The molecule has 8 nitrogen and oxygen atoms in total. The number of rotatable bonds is 59. The Morgan fingerprint density at radius 2 is 0.700 bits per heavy atom. The lowest BCUT2D eigenvalue weighted by Gasteiger charge is -2.30. The first kappa shape index (κ1) is 69.5. The Balaban J connectivity index is 3.98. The molecular formula is C61H125N2O6P. The number of aliphatic hydroxyl groups is 1. The molecule has 420 valence electrons. The number of hydrogen-bond donors (Lipinski definition) is 2. The Kier molecular flexibility index (Phi) is 52.9. The van der Waals surface area contributed by atoms with E-state index >= 15 is 0 Å². The molecule has 0 spiro atoms. The first-order valence-electron chi connectivity index (χ1n) is 31.4. The van der Waals surface area contributed by atoms with E-state index in [0.29, 0.717) is 23.9 Å². The van der Waals surface area contributed by atoms with Crippen LogP contribution in [-0.2, 0) is 18.4 Å². The summed E-state index contributed by atoms with van der Waals surface area (Å²) in [6, 6.07) is -0.795. The molecule has 9 heteroatoms. The monoisotopic (exact) mass is 1010 g/mol. The molecule has 0 heterocycles. The second kappa shape index (κ2) is 53.3. The van der Waals surface area contributed by atoms with Crippen LogP contribution in [0.4, 0.5) is 0 Å². The lowest BCUT2D eigenvalue weighted by Crippen LogP contribution is -2.46. The van der Waals surface area contributed by atoms with E-state index in [-0.39, 0.29) is 19.1 Å². The third-order valence-corrected chi connectivity index (χ3v) is 15.8. The molecule has 0 aliphatic carbocycles. The minimum absolute atomic E-state index is 0.0167. The second-order valence-corrected chi connectivity index (χ2v) is 24.5. The highest BCUT2D eigenvalue weighted by atomic mass is 31.2. The van der Waals surface area contributed by atoms with E-state index in [4.69, 9.17) is 9.05 Å². The van der Waals surface area contributed by atoms with Crippen molar-refractivity contribution < 1.29 is 32.9 Å². The molecule has 0 bridgehead atoms. The van der Waals surface area contributed by atoms with E-state index in [2.05, 4.69) is 19.2 Å². The Bertz CT molecular complexity index is 1100. The van der Waals surface area contributed by atoms with Crippen molar-refractivity contribution in [1.29, 1.82) is 0 Å². The summed E-state index contributed by atoms with van der Waals surface area (Å²) in [4.78, 5) is 25.6. The summed E-state index contributed by atoms with van der Waals surface area (Å²) in [7, 11) is 1.33. The summed E-state index contributed by atoms with van der Waals surface area (Å²) < 4.78 is 23.5. The first-order chi connectivity index (χ1) is 34.0. The van der Waals surface area contributed by atoms with Gasteiger partial charge in [0.1, 0.15) is 13.2 Å². The normalized spacial score (nSPS) is 13.8. The van der Waals surface area contributed by atoms with Gasteiger partial charge in [0.15, 0.2) is 0 Å². The Morgan fingerprint density at radius 3 is 0.971 bits per heavy atom. The summed E-state index contributed by atoms with van der Waals surface area (Å²) in [5.41, 5.74) is 0. The fourth-order valence-electron chi connectivity index (χ4n) is 9.93. The smallest absolute Gasteiger partial charge is 0.268 e. The standard InChI is InChI=1S/C61H125N2O6P/c1-6-8-10-12-14-16-18-20-22-24-25-26-27-28-29-30-31-32-33-34-35-36-37-39-41-43-45-47-49-51-53-55-61(65)62-59(58-69-70(66,67)68-57-56-63(3,4)5)60(64)54-52-50-48-46-44-42-40-38-23-21-19-17-15-13-11-9-7-2/h59-60,64H,6-58H2,1-5H3,(H-,62,65,66,67)/t59-,60+/m0/s1. The lowest BCUT2D eigenvalue weighted by atomic mass is 10.0. The zero-order chi connectivity index (χ0) is 51.3. The van der Waals surface area contributed by atoms with Crippen LogP contribution in [0, 0.1) is 0 Å².